The van der Waals surface area contributed by atoms with Crippen molar-refractivity contribution in [3.05, 3.63) is 18.2 Å². The summed E-state index contributed by atoms with van der Waals surface area (Å²) in [5.41, 5.74) is 3.06. The molecule has 1 aromatic rings. The molecule has 0 amide bonds. The Morgan fingerprint density at radius 1 is 1.30 bits per heavy atom. The first-order valence-corrected chi connectivity index (χ1v) is 8.04. The number of aryl methyl sites for hydroxylation is 2. The number of nitrogens with two attached hydrogens (primary N) is 1. The van der Waals surface area contributed by atoms with Crippen molar-refractivity contribution in [2.45, 2.75) is 58.4 Å². The maximum absolute atomic E-state index is 5.80. The quantitative estimate of drug-likeness (QED) is 0.621. The van der Waals surface area contributed by atoms with Gasteiger partial charge in [-0.05, 0) is 49.9 Å². The predicted molar refractivity (Wildman–Crippen MR) is 82.9 cm³/mol. The van der Waals surface area contributed by atoms with Crippen molar-refractivity contribution in [3.8, 4) is 0 Å². The second-order valence-corrected chi connectivity index (χ2v) is 6.69. The maximum Gasteiger partial charge on any atom is 0.108 e. The third-order valence-electron chi connectivity index (χ3n) is 5.14. The standard InChI is InChI=1S/C16H30N4/c1-12(2)13-4-6-14(7-5-13)15(19-17)8-9-16-18-10-11-20(16)3/h10-15,19H,4-9,17H2,1-3H3. The van der Waals surface area contributed by atoms with Crippen LogP contribution in [-0.2, 0) is 13.5 Å². The van der Waals surface area contributed by atoms with Crippen LogP contribution in [0.4, 0.5) is 0 Å². The Bertz CT molecular complexity index is 391. The summed E-state index contributed by atoms with van der Waals surface area (Å²) >= 11 is 0. The number of nitrogens with one attached hydrogen (secondary N) is 1. The summed E-state index contributed by atoms with van der Waals surface area (Å²) in [6.07, 6.45) is 11.3. The lowest BCUT2D eigenvalue weighted by atomic mass is 9.74. The summed E-state index contributed by atoms with van der Waals surface area (Å²) in [6, 6.07) is 0.430. The highest BCUT2D eigenvalue weighted by molar-refractivity contribution is 4.93. The molecule has 0 aromatic carbocycles. The first kappa shape index (κ1) is 15.5. The van der Waals surface area contributed by atoms with E-state index < -0.39 is 0 Å². The molecule has 1 fully saturated rings. The molecule has 0 spiro atoms. The van der Waals surface area contributed by atoms with Gasteiger partial charge in [0.25, 0.3) is 0 Å². The summed E-state index contributed by atoms with van der Waals surface area (Å²) in [5.74, 6) is 9.43. The summed E-state index contributed by atoms with van der Waals surface area (Å²) < 4.78 is 2.10. The number of hydrogen-bond donors (Lipinski definition) is 2. The van der Waals surface area contributed by atoms with Gasteiger partial charge in [0.15, 0.2) is 0 Å². The van der Waals surface area contributed by atoms with E-state index in [9.17, 15) is 0 Å². The van der Waals surface area contributed by atoms with Crippen LogP contribution in [0.15, 0.2) is 12.4 Å². The highest BCUT2D eigenvalue weighted by atomic mass is 15.2. The molecule has 1 unspecified atom stereocenters. The van der Waals surface area contributed by atoms with Gasteiger partial charge in [-0.2, -0.15) is 0 Å². The average Bonchev–Trinajstić information content (AvgIpc) is 2.85. The van der Waals surface area contributed by atoms with Crippen LogP contribution in [0.3, 0.4) is 0 Å². The number of nitrogens with zero attached hydrogens (tertiary/aromatic N) is 2. The van der Waals surface area contributed by atoms with Crippen LogP contribution in [-0.4, -0.2) is 15.6 Å². The van der Waals surface area contributed by atoms with Crippen molar-refractivity contribution in [1.29, 1.82) is 0 Å². The van der Waals surface area contributed by atoms with Gasteiger partial charge in [-0.3, -0.25) is 11.3 Å². The van der Waals surface area contributed by atoms with Gasteiger partial charge in [0, 0.05) is 31.9 Å². The van der Waals surface area contributed by atoms with Crippen molar-refractivity contribution < 1.29 is 0 Å². The van der Waals surface area contributed by atoms with E-state index in [0.29, 0.717) is 6.04 Å². The molecule has 2 rings (SSSR count). The molecule has 1 heterocycles. The van der Waals surface area contributed by atoms with Gasteiger partial charge in [0.1, 0.15) is 5.82 Å². The summed E-state index contributed by atoms with van der Waals surface area (Å²) in [6.45, 7) is 4.70. The van der Waals surface area contributed by atoms with Gasteiger partial charge in [-0.1, -0.05) is 13.8 Å². The first-order chi connectivity index (χ1) is 9.61. The fourth-order valence-electron chi connectivity index (χ4n) is 3.59. The van der Waals surface area contributed by atoms with Crippen LogP contribution in [0.1, 0.15) is 51.8 Å². The molecule has 1 aliphatic rings. The lowest BCUT2D eigenvalue weighted by Gasteiger charge is -2.35. The molecule has 0 bridgehead atoms. The lowest BCUT2D eigenvalue weighted by molar-refractivity contribution is 0.184. The van der Waals surface area contributed by atoms with Crippen molar-refractivity contribution >= 4 is 0 Å². The molecule has 1 saturated carbocycles. The molecule has 114 valence electrons. The normalized spacial score (nSPS) is 25.1. The zero-order valence-electron chi connectivity index (χ0n) is 13.2. The van der Waals surface area contributed by atoms with E-state index in [0.717, 1.165) is 36.4 Å². The predicted octanol–water partition coefficient (Wildman–Crippen LogP) is 2.65. The van der Waals surface area contributed by atoms with E-state index in [1.54, 1.807) is 0 Å². The Balaban J connectivity index is 1.82. The second-order valence-electron chi connectivity index (χ2n) is 6.69. The van der Waals surface area contributed by atoms with Crippen LogP contribution < -0.4 is 11.3 Å². The van der Waals surface area contributed by atoms with Crippen LogP contribution in [0.25, 0.3) is 0 Å². The Morgan fingerprint density at radius 3 is 2.45 bits per heavy atom. The smallest absolute Gasteiger partial charge is 0.108 e. The van der Waals surface area contributed by atoms with E-state index in [2.05, 4.69) is 35.9 Å². The number of rotatable bonds is 6. The molecule has 1 aromatic heterocycles. The van der Waals surface area contributed by atoms with Gasteiger partial charge in [0.2, 0.25) is 0 Å². The molecule has 1 aliphatic carbocycles. The fraction of sp³-hybridized carbons (Fsp3) is 0.812. The first-order valence-electron chi connectivity index (χ1n) is 8.04. The molecule has 4 nitrogen and oxygen atoms in total. The van der Waals surface area contributed by atoms with Crippen molar-refractivity contribution in [2.75, 3.05) is 0 Å². The summed E-state index contributed by atoms with van der Waals surface area (Å²) in [4.78, 5) is 4.40. The highest BCUT2D eigenvalue weighted by Crippen LogP contribution is 2.35. The zero-order chi connectivity index (χ0) is 14.5. The van der Waals surface area contributed by atoms with E-state index in [-0.39, 0.29) is 0 Å². The number of hydrazine groups is 1. The molecule has 3 N–H and O–H groups in total. The van der Waals surface area contributed by atoms with Gasteiger partial charge in [-0.15, -0.1) is 0 Å². The van der Waals surface area contributed by atoms with Crippen LogP contribution in [0.2, 0.25) is 0 Å². The van der Waals surface area contributed by atoms with Crippen molar-refractivity contribution in [3.63, 3.8) is 0 Å². The number of aromatic nitrogens is 2. The zero-order valence-corrected chi connectivity index (χ0v) is 13.2. The molecule has 0 aliphatic heterocycles. The highest BCUT2D eigenvalue weighted by Gasteiger charge is 2.28. The molecule has 0 radical (unpaired) electrons. The molecule has 20 heavy (non-hydrogen) atoms. The number of imidazole rings is 1. The van der Waals surface area contributed by atoms with Crippen molar-refractivity contribution in [2.24, 2.45) is 30.6 Å². The van der Waals surface area contributed by atoms with E-state index >= 15 is 0 Å². The van der Waals surface area contributed by atoms with E-state index in [1.165, 1.54) is 25.7 Å². The summed E-state index contributed by atoms with van der Waals surface area (Å²) in [7, 11) is 2.06. The molecular weight excluding hydrogens is 248 g/mol. The lowest BCUT2D eigenvalue weighted by Crippen LogP contribution is -2.43. The minimum absolute atomic E-state index is 0.430. The Kier molecular flexibility index (Phi) is 5.61. The number of hydrogen-bond acceptors (Lipinski definition) is 3. The molecule has 1 atom stereocenters. The molecule has 4 heteroatoms. The SMILES string of the molecule is CC(C)C1CCC(C(CCc2nccn2C)NN)CC1. The van der Waals surface area contributed by atoms with Gasteiger partial charge < -0.3 is 4.57 Å². The van der Waals surface area contributed by atoms with Gasteiger partial charge >= 0.3 is 0 Å². The largest absolute Gasteiger partial charge is 0.338 e. The third kappa shape index (κ3) is 3.83. The fourth-order valence-corrected chi connectivity index (χ4v) is 3.59. The third-order valence-corrected chi connectivity index (χ3v) is 5.14. The van der Waals surface area contributed by atoms with Gasteiger partial charge in [0.05, 0.1) is 0 Å². The monoisotopic (exact) mass is 278 g/mol. The van der Waals surface area contributed by atoms with Gasteiger partial charge in [-0.25, -0.2) is 4.98 Å². The topological polar surface area (TPSA) is 55.9 Å². The molecular formula is C16H30N4. The van der Waals surface area contributed by atoms with Crippen LogP contribution in [0.5, 0.6) is 0 Å². The van der Waals surface area contributed by atoms with Crippen molar-refractivity contribution in [1.82, 2.24) is 15.0 Å². The minimum atomic E-state index is 0.430. The molecule has 0 saturated heterocycles. The Morgan fingerprint density at radius 2 is 1.95 bits per heavy atom. The van der Waals surface area contributed by atoms with E-state index in [4.69, 9.17) is 5.84 Å². The Hall–Kier alpha value is -0.870. The van der Waals surface area contributed by atoms with E-state index in [1.807, 2.05) is 12.4 Å². The second kappa shape index (κ2) is 7.23. The maximum atomic E-state index is 5.80. The van der Waals surface area contributed by atoms with Crippen LogP contribution >= 0.6 is 0 Å². The van der Waals surface area contributed by atoms with Crippen LogP contribution in [0, 0.1) is 17.8 Å². The Labute approximate surface area is 123 Å². The summed E-state index contributed by atoms with van der Waals surface area (Å²) in [5, 5.41) is 0. The minimum Gasteiger partial charge on any atom is -0.338 e. The average molecular weight is 278 g/mol.